The molecule has 1 rings (SSSR count). The lowest BCUT2D eigenvalue weighted by Gasteiger charge is -2.14. The Morgan fingerprint density at radius 1 is 1.27 bits per heavy atom. The Bertz CT molecular complexity index is 642. The van der Waals surface area contributed by atoms with Gasteiger partial charge in [0.05, 0.1) is 23.4 Å². The minimum Gasteiger partial charge on any atom is -0.481 e. The van der Waals surface area contributed by atoms with Crippen molar-refractivity contribution in [3.63, 3.8) is 0 Å². The molecule has 0 fully saturated rings. The van der Waals surface area contributed by atoms with E-state index in [0.29, 0.717) is 12.8 Å². The fourth-order valence-electron chi connectivity index (χ4n) is 1.94. The molecule has 8 heteroatoms. The molecule has 0 saturated heterocycles. The van der Waals surface area contributed by atoms with Gasteiger partial charge in [-0.25, -0.2) is 8.42 Å². The fourth-order valence-corrected chi connectivity index (χ4v) is 2.52. The summed E-state index contributed by atoms with van der Waals surface area (Å²) in [6, 6.07) is 6.14. The SMILES string of the molecule is CCCC(CNC(=O)c1ccccc1NS(C)(=O)=O)C(=O)O. The molecule has 22 heavy (non-hydrogen) atoms. The first-order valence-electron chi connectivity index (χ1n) is 6.82. The van der Waals surface area contributed by atoms with E-state index in [0.717, 1.165) is 6.26 Å². The van der Waals surface area contributed by atoms with Crippen molar-refractivity contribution in [2.24, 2.45) is 5.92 Å². The third kappa shape index (κ3) is 5.72. The van der Waals surface area contributed by atoms with Crippen molar-refractivity contribution < 1.29 is 23.1 Å². The number of carboxylic acid groups (broad SMARTS) is 1. The summed E-state index contributed by atoms with van der Waals surface area (Å²) in [6.07, 6.45) is 2.14. The summed E-state index contributed by atoms with van der Waals surface area (Å²) in [5.41, 5.74) is 0.304. The molecule has 0 bridgehead atoms. The van der Waals surface area contributed by atoms with Gasteiger partial charge in [0.25, 0.3) is 5.91 Å². The zero-order valence-corrected chi connectivity index (χ0v) is 13.3. The van der Waals surface area contributed by atoms with Crippen LogP contribution in [0.2, 0.25) is 0 Å². The maximum atomic E-state index is 12.1. The molecule has 1 unspecified atom stereocenters. The van der Waals surface area contributed by atoms with E-state index in [1.54, 1.807) is 12.1 Å². The molecule has 122 valence electrons. The zero-order chi connectivity index (χ0) is 16.8. The number of carbonyl (C=O) groups excluding carboxylic acids is 1. The molecule has 1 amide bonds. The molecule has 0 spiro atoms. The minimum absolute atomic E-state index is 0.00475. The number of nitrogens with one attached hydrogen (secondary N) is 2. The molecule has 0 saturated carbocycles. The highest BCUT2D eigenvalue weighted by atomic mass is 32.2. The molecular weight excluding hydrogens is 308 g/mol. The first kappa shape index (κ1) is 18.0. The quantitative estimate of drug-likeness (QED) is 0.665. The number of rotatable bonds is 8. The third-order valence-corrected chi connectivity index (χ3v) is 3.55. The molecule has 1 atom stereocenters. The molecule has 0 aliphatic rings. The van der Waals surface area contributed by atoms with Crippen LogP contribution < -0.4 is 10.0 Å². The standard InChI is InChI=1S/C14H20N2O5S/c1-3-6-10(14(18)19)9-15-13(17)11-7-4-5-8-12(11)16-22(2,20)21/h4-5,7-8,10,16H,3,6,9H2,1-2H3,(H,15,17)(H,18,19). The van der Waals surface area contributed by atoms with Crippen molar-refractivity contribution in [1.82, 2.24) is 5.32 Å². The van der Waals surface area contributed by atoms with Gasteiger partial charge in [-0.05, 0) is 18.6 Å². The highest BCUT2D eigenvalue weighted by Gasteiger charge is 2.19. The number of aliphatic carboxylic acids is 1. The summed E-state index contributed by atoms with van der Waals surface area (Å²) in [4.78, 5) is 23.2. The lowest BCUT2D eigenvalue weighted by molar-refractivity contribution is -0.141. The van der Waals surface area contributed by atoms with Crippen LogP contribution in [0.5, 0.6) is 0 Å². The second-order valence-corrected chi connectivity index (χ2v) is 6.70. The van der Waals surface area contributed by atoms with Crippen LogP contribution in [0.3, 0.4) is 0 Å². The van der Waals surface area contributed by atoms with E-state index < -0.39 is 27.8 Å². The summed E-state index contributed by atoms with van der Waals surface area (Å²) in [5, 5.41) is 11.6. The molecule has 0 radical (unpaired) electrons. The monoisotopic (exact) mass is 328 g/mol. The molecular formula is C14H20N2O5S. The summed E-state index contributed by atoms with van der Waals surface area (Å²) < 4.78 is 24.9. The van der Waals surface area contributed by atoms with Crippen LogP contribution >= 0.6 is 0 Å². The van der Waals surface area contributed by atoms with Crippen molar-refractivity contribution in [2.45, 2.75) is 19.8 Å². The van der Waals surface area contributed by atoms with E-state index in [9.17, 15) is 18.0 Å². The number of anilines is 1. The van der Waals surface area contributed by atoms with Crippen LogP contribution in [0.4, 0.5) is 5.69 Å². The first-order valence-corrected chi connectivity index (χ1v) is 8.71. The Labute approximate surface area is 129 Å². The van der Waals surface area contributed by atoms with Crippen LogP contribution in [0.25, 0.3) is 0 Å². The maximum absolute atomic E-state index is 12.1. The van der Waals surface area contributed by atoms with E-state index in [2.05, 4.69) is 10.0 Å². The van der Waals surface area contributed by atoms with Gasteiger partial charge in [-0.15, -0.1) is 0 Å². The van der Waals surface area contributed by atoms with E-state index in [-0.39, 0.29) is 17.8 Å². The Balaban J connectivity index is 2.83. The second-order valence-electron chi connectivity index (χ2n) is 4.95. The van der Waals surface area contributed by atoms with Crippen molar-refractivity contribution in [3.8, 4) is 0 Å². The lowest BCUT2D eigenvalue weighted by atomic mass is 10.0. The average Bonchev–Trinajstić information content (AvgIpc) is 2.41. The lowest BCUT2D eigenvalue weighted by Crippen LogP contribution is -2.33. The predicted molar refractivity (Wildman–Crippen MR) is 83.3 cm³/mol. The Morgan fingerprint density at radius 3 is 2.45 bits per heavy atom. The number of carbonyl (C=O) groups is 2. The number of carboxylic acids is 1. The number of benzene rings is 1. The minimum atomic E-state index is -3.51. The number of amides is 1. The molecule has 0 heterocycles. The number of para-hydroxylation sites is 1. The van der Waals surface area contributed by atoms with Crippen molar-refractivity contribution >= 4 is 27.6 Å². The molecule has 0 aliphatic heterocycles. The van der Waals surface area contributed by atoms with Gasteiger partial charge in [0.1, 0.15) is 0 Å². The van der Waals surface area contributed by atoms with Gasteiger partial charge in [0.2, 0.25) is 10.0 Å². The van der Waals surface area contributed by atoms with Gasteiger partial charge >= 0.3 is 5.97 Å². The largest absolute Gasteiger partial charge is 0.481 e. The van der Waals surface area contributed by atoms with Gasteiger partial charge in [0, 0.05) is 6.54 Å². The van der Waals surface area contributed by atoms with Crippen LogP contribution in [-0.4, -0.2) is 38.2 Å². The topological polar surface area (TPSA) is 113 Å². The van der Waals surface area contributed by atoms with E-state index in [1.807, 2.05) is 6.92 Å². The van der Waals surface area contributed by atoms with Gasteiger partial charge in [0.15, 0.2) is 0 Å². The number of hydrogen-bond donors (Lipinski definition) is 3. The molecule has 0 aromatic heterocycles. The summed E-state index contributed by atoms with van der Waals surface area (Å²) in [6.45, 7) is 1.86. The predicted octanol–water partition coefficient (Wildman–Crippen LogP) is 1.29. The van der Waals surface area contributed by atoms with Gasteiger partial charge in [-0.3, -0.25) is 14.3 Å². The highest BCUT2D eigenvalue weighted by Crippen LogP contribution is 2.16. The number of hydrogen-bond acceptors (Lipinski definition) is 4. The first-order chi connectivity index (χ1) is 10.2. The zero-order valence-electron chi connectivity index (χ0n) is 12.5. The van der Waals surface area contributed by atoms with E-state index in [4.69, 9.17) is 5.11 Å². The van der Waals surface area contributed by atoms with Crippen molar-refractivity contribution in [3.05, 3.63) is 29.8 Å². The highest BCUT2D eigenvalue weighted by molar-refractivity contribution is 7.92. The molecule has 3 N–H and O–H groups in total. The average molecular weight is 328 g/mol. The molecule has 1 aromatic rings. The normalized spacial score (nSPS) is 12.5. The van der Waals surface area contributed by atoms with Gasteiger partial charge < -0.3 is 10.4 Å². The Morgan fingerprint density at radius 2 is 1.91 bits per heavy atom. The van der Waals surface area contributed by atoms with Gasteiger partial charge in [-0.1, -0.05) is 25.5 Å². The van der Waals surface area contributed by atoms with Crippen LogP contribution in [0.15, 0.2) is 24.3 Å². The third-order valence-electron chi connectivity index (χ3n) is 2.96. The number of sulfonamides is 1. The van der Waals surface area contributed by atoms with Crippen LogP contribution in [0.1, 0.15) is 30.1 Å². The van der Waals surface area contributed by atoms with Crippen LogP contribution in [0, 0.1) is 5.92 Å². The van der Waals surface area contributed by atoms with Crippen molar-refractivity contribution in [1.29, 1.82) is 0 Å². The summed E-state index contributed by atoms with van der Waals surface area (Å²) in [5.74, 6) is -2.15. The fraction of sp³-hybridized carbons (Fsp3) is 0.429. The van der Waals surface area contributed by atoms with E-state index in [1.165, 1.54) is 12.1 Å². The Kier molecular flexibility index (Phi) is 6.36. The summed E-state index contributed by atoms with van der Waals surface area (Å²) in [7, 11) is -3.51. The van der Waals surface area contributed by atoms with Gasteiger partial charge in [-0.2, -0.15) is 0 Å². The Hall–Kier alpha value is -2.09. The summed E-state index contributed by atoms with van der Waals surface area (Å²) >= 11 is 0. The maximum Gasteiger partial charge on any atom is 0.308 e. The molecule has 0 aliphatic carbocycles. The van der Waals surface area contributed by atoms with E-state index >= 15 is 0 Å². The van der Waals surface area contributed by atoms with Crippen molar-refractivity contribution in [2.75, 3.05) is 17.5 Å². The second kappa shape index (κ2) is 7.79. The smallest absolute Gasteiger partial charge is 0.308 e. The van der Waals surface area contributed by atoms with Crippen LogP contribution in [-0.2, 0) is 14.8 Å². The molecule has 1 aromatic carbocycles. The molecule has 7 nitrogen and oxygen atoms in total.